The van der Waals surface area contributed by atoms with Crippen molar-refractivity contribution in [3.8, 4) is 17.1 Å². The highest BCUT2D eigenvalue weighted by molar-refractivity contribution is 5.92. The molecule has 6 nitrogen and oxygen atoms in total. The molecule has 3 heterocycles. The number of rotatable bonds is 5. The summed E-state index contributed by atoms with van der Waals surface area (Å²) < 4.78 is 24.3. The molecule has 0 aliphatic carbocycles. The first-order chi connectivity index (χ1) is 17.0. The Hall–Kier alpha value is -3.61. The highest BCUT2D eigenvalue weighted by Gasteiger charge is 2.40. The average molecular weight is 477 g/mol. The Morgan fingerprint density at radius 2 is 1.77 bits per heavy atom. The lowest BCUT2D eigenvalue weighted by molar-refractivity contribution is -0.133. The molecule has 2 amide bonds. The molecule has 0 unspecified atom stereocenters. The third-order valence-corrected chi connectivity index (χ3v) is 7.14. The summed E-state index contributed by atoms with van der Waals surface area (Å²) in [5, 5.41) is 0. The molecule has 5 rings (SSSR count). The fourth-order valence-corrected chi connectivity index (χ4v) is 5.28. The van der Waals surface area contributed by atoms with Crippen LogP contribution in [0, 0.1) is 11.7 Å². The largest absolute Gasteiger partial charge is 0.497 e. The summed E-state index contributed by atoms with van der Waals surface area (Å²) in [5.41, 5.74) is 1.69. The van der Waals surface area contributed by atoms with Crippen molar-refractivity contribution in [2.45, 2.75) is 31.7 Å². The number of benzene rings is 2. The van der Waals surface area contributed by atoms with Gasteiger partial charge >= 0.3 is 0 Å². The number of methoxy groups -OCH3 is 1. The third kappa shape index (κ3) is 4.94. The molecular formula is C28H29FN2O4. The van der Waals surface area contributed by atoms with E-state index in [1.165, 1.54) is 12.1 Å². The summed E-state index contributed by atoms with van der Waals surface area (Å²) in [6.07, 6.45) is 2.90. The van der Waals surface area contributed by atoms with Gasteiger partial charge in [0.05, 0.1) is 13.5 Å². The van der Waals surface area contributed by atoms with E-state index in [-0.39, 0.29) is 36.0 Å². The zero-order valence-corrected chi connectivity index (χ0v) is 19.8. The lowest BCUT2D eigenvalue weighted by Gasteiger charge is -2.47. The predicted molar refractivity (Wildman–Crippen MR) is 130 cm³/mol. The van der Waals surface area contributed by atoms with Crippen LogP contribution in [-0.4, -0.2) is 54.4 Å². The number of hydrogen-bond acceptors (Lipinski definition) is 4. The first kappa shape index (κ1) is 23.1. The topological polar surface area (TPSA) is 63.0 Å². The molecule has 0 radical (unpaired) electrons. The molecule has 2 saturated heterocycles. The van der Waals surface area contributed by atoms with Crippen molar-refractivity contribution in [3.05, 3.63) is 77.8 Å². The molecule has 2 aliphatic heterocycles. The van der Waals surface area contributed by atoms with E-state index >= 15 is 0 Å². The van der Waals surface area contributed by atoms with E-state index in [2.05, 4.69) is 0 Å². The van der Waals surface area contributed by atoms with Gasteiger partial charge in [0.1, 0.15) is 17.3 Å². The van der Waals surface area contributed by atoms with Gasteiger partial charge in [-0.1, -0.05) is 12.1 Å². The number of furan rings is 1. The Balaban J connectivity index is 1.24. The Kier molecular flexibility index (Phi) is 6.57. The second kappa shape index (κ2) is 9.94. The lowest BCUT2D eigenvalue weighted by Crippen LogP contribution is -2.56. The van der Waals surface area contributed by atoms with Gasteiger partial charge in [-0.3, -0.25) is 9.59 Å². The Morgan fingerprint density at radius 3 is 2.51 bits per heavy atom. The van der Waals surface area contributed by atoms with Crippen LogP contribution in [0.4, 0.5) is 4.39 Å². The standard InChI is InChI=1S/C28H29FN2O4/c1-34-23-10-6-20(7-11-23)25-12-13-26(35-25)28(33)31-15-2-3-21-18-30(16-14-24(21)31)27(32)17-19-4-8-22(29)9-5-19/h4-13,21,24H,2-3,14-18H2,1H3/t21-,24-/m1/s1. The normalized spacial score (nSPS) is 19.8. The zero-order valence-electron chi connectivity index (χ0n) is 19.8. The number of ether oxygens (including phenoxy) is 1. The van der Waals surface area contributed by atoms with E-state index in [1.54, 1.807) is 25.3 Å². The Labute approximate surface area is 204 Å². The van der Waals surface area contributed by atoms with Crippen molar-refractivity contribution in [2.24, 2.45) is 5.92 Å². The van der Waals surface area contributed by atoms with Crippen LogP contribution >= 0.6 is 0 Å². The fourth-order valence-electron chi connectivity index (χ4n) is 5.28. The lowest BCUT2D eigenvalue weighted by atomic mass is 9.83. The van der Waals surface area contributed by atoms with E-state index in [4.69, 9.17) is 9.15 Å². The monoisotopic (exact) mass is 476 g/mol. The highest BCUT2D eigenvalue weighted by atomic mass is 19.1. The van der Waals surface area contributed by atoms with Crippen LogP contribution in [0.25, 0.3) is 11.3 Å². The molecule has 2 aliphatic rings. The number of carbonyl (C=O) groups excluding carboxylic acids is 2. The van der Waals surface area contributed by atoms with Crippen LogP contribution in [0.2, 0.25) is 0 Å². The summed E-state index contributed by atoms with van der Waals surface area (Å²) in [6, 6.07) is 17.3. The molecule has 2 aromatic carbocycles. The van der Waals surface area contributed by atoms with E-state index < -0.39 is 0 Å². The molecule has 0 spiro atoms. The number of halogens is 1. The number of hydrogen-bond donors (Lipinski definition) is 0. The maximum absolute atomic E-state index is 13.4. The Bertz CT molecular complexity index is 1190. The Morgan fingerprint density at radius 1 is 1.00 bits per heavy atom. The van der Waals surface area contributed by atoms with Crippen molar-refractivity contribution in [1.82, 2.24) is 9.80 Å². The second-order valence-electron chi connectivity index (χ2n) is 9.29. The first-order valence-electron chi connectivity index (χ1n) is 12.1. The smallest absolute Gasteiger partial charge is 0.289 e. The number of carbonyl (C=O) groups is 2. The summed E-state index contributed by atoms with van der Waals surface area (Å²) in [7, 11) is 1.62. The molecule has 1 aromatic heterocycles. The van der Waals surface area contributed by atoms with Gasteiger partial charge in [-0.05, 0) is 79.3 Å². The minimum absolute atomic E-state index is 0.0497. The number of nitrogens with zero attached hydrogens (tertiary/aromatic N) is 2. The summed E-state index contributed by atoms with van der Waals surface area (Å²) in [6.45, 7) is 1.95. The van der Waals surface area contributed by atoms with Gasteiger partial charge in [-0.2, -0.15) is 0 Å². The average Bonchev–Trinajstić information content (AvgIpc) is 3.39. The van der Waals surface area contributed by atoms with Gasteiger partial charge < -0.3 is 19.0 Å². The van der Waals surface area contributed by atoms with Crippen molar-refractivity contribution in [3.63, 3.8) is 0 Å². The van der Waals surface area contributed by atoms with Gasteiger partial charge in [-0.15, -0.1) is 0 Å². The first-order valence-corrected chi connectivity index (χ1v) is 12.1. The highest BCUT2D eigenvalue weighted by Crippen LogP contribution is 2.33. The number of amides is 2. The minimum atomic E-state index is -0.304. The van der Waals surface area contributed by atoms with Gasteiger partial charge in [0.25, 0.3) is 5.91 Å². The van der Waals surface area contributed by atoms with Gasteiger partial charge in [0.2, 0.25) is 5.91 Å². The van der Waals surface area contributed by atoms with E-state index in [0.717, 1.165) is 36.1 Å². The van der Waals surface area contributed by atoms with Crippen LogP contribution in [-0.2, 0) is 11.2 Å². The van der Waals surface area contributed by atoms with Gasteiger partial charge in [0, 0.05) is 31.2 Å². The predicted octanol–water partition coefficient (Wildman–Crippen LogP) is 4.79. The summed E-state index contributed by atoms with van der Waals surface area (Å²) in [5.74, 6) is 1.64. The molecule has 0 N–H and O–H groups in total. The third-order valence-electron chi connectivity index (χ3n) is 7.14. The fraction of sp³-hybridized carbons (Fsp3) is 0.357. The molecule has 35 heavy (non-hydrogen) atoms. The van der Waals surface area contributed by atoms with Gasteiger partial charge in [-0.25, -0.2) is 4.39 Å². The number of likely N-dealkylation sites (tertiary alicyclic amines) is 2. The van der Waals surface area contributed by atoms with Crippen molar-refractivity contribution in [2.75, 3.05) is 26.7 Å². The van der Waals surface area contributed by atoms with Crippen LogP contribution in [0.5, 0.6) is 5.75 Å². The zero-order chi connectivity index (χ0) is 24.4. The molecule has 2 atom stereocenters. The molecule has 182 valence electrons. The minimum Gasteiger partial charge on any atom is -0.497 e. The quantitative estimate of drug-likeness (QED) is 0.531. The molecular weight excluding hydrogens is 447 g/mol. The summed E-state index contributed by atoms with van der Waals surface area (Å²) >= 11 is 0. The number of piperidine rings is 2. The molecule has 7 heteroatoms. The molecule has 2 fully saturated rings. The SMILES string of the molecule is COc1ccc(-c2ccc(C(=O)N3CCC[C@@H]4CN(C(=O)Cc5ccc(F)cc5)CC[C@H]43)o2)cc1. The molecule has 0 saturated carbocycles. The van der Waals surface area contributed by atoms with E-state index in [9.17, 15) is 14.0 Å². The number of fused-ring (bicyclic) bond motifs is 1. The van der Waals surface area contributed by atoms with Gasteiger partial charge in [0.15, 0.2) is 5.76 Å². The van der Waals surface area contributed by atoms with Crippen LogP contribution < -0.4 is 4.74 Å². The second-order valence-corrected chi connectivity index (χ2v) is 9.29. The summed E-state index contributed by atoms with van der Waals surface area (Å²) in [4.78, 5) is 30.1. The van der Waals surface area contributed by atoms with Crippen LogP contribution in [0.1, 0.15) is 35.4 Å². The van der Waals surface area contributed by atoms with Crippen molar-refractivity contribution in [1.29, 1.82) is 0 Å². The maximum atomic E-state index is 13.4. The van der Waals surface area contributed by atoms with E-state index in [0.29, 0.717) is 31.2 Å². The van der Waals surface area contributed by atoms with Crippen molar-refractivity contribution < 1.29 is 23.1 Å². The molecule has 3 aromatic rings. The van der Waals surface area contributed by atoms with Crippen LogP contribution in [0.15, 0.2) is 65.1 Å². The van der Waals surface area contributed by atoms with Crippen molar-refractivity contribution >= 4 is 11.8 Å². The van der Waals surface area contributed by atoms with E-state index in [1.807, 2.05) is 40.1 Å². The molecule has 0 bridgehead atoms. The van der Waals surface area contributed by atoms with Crippen LogP contribution in [0.3, 0.4) is 0 Å². The maximum Gasteiger partial charge on any atom is 0.289 e.